The van der Waals surface area contributed by atoms with E-state index in [2.05, 4.69) is 4.98 Å². The van der Waals surface area contributed by atoms with Gasteiger partial charge in [-0.2, -0.15) is 0 Å². The van der Waals surface area contributed by atoms with Crippen LogP contribution in [0.4, 0.5) is 0 Å². The number of hydrogen-bond donors (Lipinski definition) is 3. The van der Waals surface area contributed by atoms with Gasteiger partial charge < -0.3 is 14.9 Å². The Balaban J connectivity index is 1.71. The van der Waals surface area contributed by atoms with Crippen molar-refractivity contribution >= 4 is 22.9 Å². The second-order valence-corrected chi connectivity index (χ2v) is 9.07. The van der Waals surface area contributed by atoms with Crippen LogP contribution >= 0.6 is 22.9 Å². The maximum Gasteiger partial charge on any atom is 0.307 e. The molecular weight excluding hydrogens is 410 g/mol. The highest BCUT2D eigenvalue weighted by Gasteiger charge is 2.24. The highest BCUT2D eigenvalue weighted by atomic mass is 35.5. The van der Waals surface area contributed by atoms with Crippen molar-refractivity contribution in [2.75, 3.05) is 0 Å². The van der Waals surface area contributed by atoms with E-state index in [0.717, 1.165) is 47.3 Å². The molecule has 3 N–H and O–H groups in total. The summed E-state index contributed by atoms with van der Waals surface area (Å²) in [6.45, 7) is 4.03. The van der Waals surface area contributed by atoms with E-state index in [1.54, 1.807) is 12.1 Å². The fraction of sp³-hybridized carbons (Fsp3) is 0.318. The minimum absolute atomic E-state index is 0.0755. The van der Waals surface area contributed by atoms with E-state index in [0.29, 0.717) is 27.8 Å². The topological polar surface area (TPSA) is 82.6 Å². The van der Waals surface area contributed by atoms with Crippen LogP contribution in [0.1, 0.15) is 53.3 Å². The number of aromatic amines is 1. The van der Waals surface area contributed by atoms with Crippen LogP contribution in [0.15, 0.2) is 29.1 Å². The number of nitrogens with one attached hydrogen (secondary N) is 1. The van der Waals surface area contributed by atoms with Gasteiger partial charge in [-0.15, -0.1) is 0 Å². The molecule has 0 unspecified atom stereocenters. The Kier molecular flexibility index (Phi) is 5.32. The van der Waals surface area contributed by atoms with E-state index in [4.69, 9.17) is 16.3 Å². The lowest BCUT2D eigenvalue weighted by Crippen LogP contribution is -1.99. The zero-order chi connectivity index (χ0) is 20.7. The molecule has 0 radical (unpaired) electrons. The molecule has 1 aliphatic carbocycles. The first-order valence-corrected chi connectivity index (χ1v) is 10.8. The number of ether oxygens (including phenoxy) is 1. The Morgan fingerprint density at radius 1 is 1.21 bits per heavy atom. The zero-order valence-corrected chi connectivity index (χ0v) is 17.8. The van der Waals surface area contributed by atoms with Crippen molar-refractivity contribution in [3.05, 3.63) is 66.1 Å². The Bertz CT molecular complexity index is 1130. The molecule has 29 heavy (non-hydrogen) atoms. The molecule has 0 bridgehead atoms. The van der Waals surface area contributed by atoms with Crippen LogP contribution < -0.4 is 9.61 Å². The van der Waals surface area contributed by atoms with Gasteiger partial charge in [-0.25, -0.2) is 0 Å². The average molecular weight is 432 g/mol. The highest BCUT2D eigenvalue weighted by molar-refractivity contribution is 7.09. The lowest BCUT2D eigenvalue weighted by Gasteiger charge is -2.17. The monoisotopic (exact) mass is 431 g/mol. The number of aromatic nitrogens is 1. The maximum atomic E-state index is 11.5. The van der Waals surface area contributed by atoms with Gasteiger partial charge in [-0.1, -0.05) is 36.8 Å². The lowest BCUT2D eigenvalue weighted by atomic mass is 9.99. The summed E-state index contributed by atoms with van der Waals surface area (Å²) in [7, 11) is 0. The molecule has 1 aromatic heterocycles. The molecule has 7 heteroatoms. The molecule has 152 valence electrons. The number of benzene rings is 2. The maximum absolute atomic E-state index is 11.5. The van der Waals surface area contributed by atoms with Gasteiger partial charge in [0.2, 0.25) is 5.88 Å². The number of H-pyrrole nitrogens is 1. The van der Waals surface area contributed by atoms with Gasteiger partial charge >= 0.3 is 4.87 Å². The summed E-state index contributed by atoms with van der Waals surface area (Å²) >= 11 is 7.62. The van der Waals surface area contributed by atoms with E-state index in [-0.39, 0.29) is 22.4 Å². The van der Waals surface area contributed by atoms with Gasteiger partial charge in [0, 0.05) is 12.0 Å². The van der Waals surface area contributed by atoms with E-state index >= 15 is 0 Å². The predicted molar refractivity (Wildman–Crippen MR) is 115 cm³/mol. The van der Waals surface area contributed by atoms with Gasteiger partial charge in [0.1, 0.15) is 17.2 Å². The van der Waals surface area contributed by atoms with Crippen LogP contribution in [0.5, 0.6) is 23.1 Å². The second-order valence-electron chi connectivity index (χ2n) is 7.60. The van der Waals surface area contributed by atoms with Crippen molar-refractivity contribution in [2.24, 2.45) is 0 Å². The molecule has 1 aliphatic rings. The average Bonchev–Trinajstić information content (AvgIpc) is 3.26. The second kappa shape index (κ2) is 7.76. The van der Waals surface area contributed by atoms with Crippen molar-refractivity contribution < 1.29 is 14.9 Å². The highest BCUT2D eigenvalue weighted by Crippen LogP contribution is 2.43. The largest absolute Gasteiger partial charge is 0.508 e. The minimum Gasteiger partial charge on any atom is -0.508 e. The summed E-state index contributed by atoms with van der Waals surface area (Å²) in [4.78, 5) is 14.2. The molecule has 0 fully saturated rings. The minimum atomic E-state index is -0.270. The molecule has 0 aliphatic heterocycles. The zero-order valence-electron chi connectivity index (χ0n) is 16.2. The first-order chi connectivity index (χ1) is 13.8. The van der Waals surface area contributed by atoms with Gasteiger partial charge in [-0.3, -0.25) is 9.78 Å². The number of aromatic hydroxyl groups is 2. The van der Waals surface area contributed by atoms with Gasteiger partial charge in [0.25, 0.3) is 0 Å². The van der Waals surface area contributed by atoms with Crippen molar-refractivity contribution in [2.45, 2.75) is 45.4 Å². The Morgan fingerprint density at radius 3 is 2.66 bits per heavy atom. The third kappa shape index (κ3) is 3.87. The third-order valence-electron chi connectivity index (χ3n) is 5.29. The molecule has 2 aromatic carbocycles. The summed E-state index contributed by atoms with van der Waals surface area (Å²) in [5.74, 6) is 1.63. The first kappa shape index (κ1) is 19.9. The molecule has 0 saturated heterocycles. The van der Waals surface area contributed by atoms with E-state index < -0.39 is 0 Å². The summed E-state index contributed by atoms with van der Waals surface area (Å²) in [5, 5.41) is 20.5. The molecule has 5 nitrogen and oxygen atoms in total. The number of phenolic OH excluding ortho intramolecular Hbond substituents is 1. The molecule has 0 saturated carbocycles. The quantitative estimate of drug-likeness (QED) is 0.498. The lowest BCUT2D eigenvalue weighted by molar-refractivity contribution is 0.451. The summed E-state index contributed by atoms with van der Waals surface area (Å²) < 4.78 is 6.18. The normalized spacial score (nSPS) is 13.1. The van der Waals surface area contributed by atoms with Gasteiger partial charge in [-0.05, 0) is 66.1 Å². The van der Waals surface area contributed by atoms with Crippen LogP contribution in [0.2, 0.25) is 5.02 Å². The molecule has 0 atom stereocenters. The third-order valence-corrected chi connectivity index (χ3v) is 6.44. The molecular formula is C22H22ClNO4S. The summed E-state index contributed by atoms with van der Waals surface area (Å²) in [6.07, 6.45) is 3.23. The predicted octanol–water partition coefficient (Wildman–Crippen LogP) is 5.50. The number of thiazole rings is 1. The van der Waals surface area contributed by atoms with Crippen LogP contribution in [-0.4, -0.2) is 15.2 Å². The standard InChI is InChI=1S/C22H22ClNO4S/c1-11(2)16-10-13(6-7-18(16)25)28-20-15-5-3-4-14(15)12(8-17(20)23)9-19-21(26)24-22(27)29-19/h6-8,10-11,25-26H,3-5,9H2,1-2H3,(H,24,27). The molecule has 0 spiro atoms. The fourth-order valence-corrected chi connectivity index (χ4v) is 4.92. The number of hydrogen-bond acceptors (Lipinski definition) is 5. The van der Waals surface area contributed by atoms with Crippen molar-refractivity contribution in [1.82, 2.24) is 4.98 Å². The summed E-state index contributed by atoms with van der Waals surface area (Å²) in [6, 6.07) is 7.10. The van der Waals surface area contributed by atoms with Crippen LogP contribution in [0.25, 0.3) is 0 Å². The molecule has 1 heterocycles. The van der Waals surface area contributed by atoms with Crippen LogP contribution in [0.3, 0.4) is 0 Å². The SMILES string of the molecule is CC(C)c1cc(Oc2c(Cl)cc(Cc3sc(=O)[nH]c3O)c3c2CCC3)ccc1O. The van der Waals surface area contributed by atoms with Gasteiger partial charge in [0.05, 0.1) is 9.90 Å². The van der Waals surface area contributed by atoms with Crippen LogP contribution in [-0.2, 0) is 19.3 Å². The number of phenols is 1. The molecule has 0 amide bonds. The van der Waals surface area contributed by atoms with Crippen LogP contribution in [0, 0.1) is 0 Å². The van der Waals surface area contributed by atoms with E-state index in [9.17, 15) is 15.0 Å². The first-order valence-electron chi connectivity index (χ1n) is 9.58. The number of rotatable bonds is 5. The van der Waals surface area contributed by atoms with E-state index in [1.165, 1.54) is 5.56 Å². The summed E-state index contributed by atoms with van der Waals surface area (Å²) in [5.41, 5.74) is 4.08. The number of halogens is 1. The van der Waals surface area contributed by atoms with E-state index in [1.807, 2.05) is 26.0 Å². The number of fused-ring (bicyclic) bond motifs is 1. The van der Waals surface area contributed by atoms with Gasteiger partial charge in [0.15, 0.2) is 0 Å². The Hall–Kier alpha value is -2.44. The van der Waals surface area contributed by atoms with Crippen molar-refractivity contribution in [1.29, 1.82) is 0 Å². The van der Waals surface area contributed by atoms with Crippen molar-refractivity contribution in [3.63, 3.8) is 0 Å². The molecule has 4 rings (SSSR count). The Morgan fingerprint density at radius 2 is 1.97 bits per heavy atom. The Labute approximate surface area is 177 Å². The fourth-order valence-electron chi connectivity index (χ4n) is 3.89. The smallest absolute Gasteiger partial charge is 0.307 e. The van der Waals surface area contributed by atoms with Crippen molar-refractivity contribution in [3.8, 4) is 23.1 Å². The molecule has 3 aromatic rings.